The van der Waals surface area contributed by atoms with Crippen LogP contribution in [0.25, 0.3) is 0 Å². The van der Waals surface area contributed by atoms with Gasteiger partial charge in [0.2, 0.25) is 0 Å². The van der Waals surface area contributed by atoms with Crippen LogP contribution in [0, 0.1) is 11.8 Å². The lowest BCUT2D eigenvalue weighted by Gasteiger charge is -2.22. The second kappa shape index (κ2) is 6.95. The maximum absolute atomic E-state index is 5.53. The molecule has 0 spiro atoms. The van der Waals surface area contributed by atoms with Crippen molar-refractivity contribution in [3.63, 3.8) is 0 Å². The number of nitrogens with one attached hydrogen (secondary N) is 1. The zero-order valence-electron chi connectivity index (χ0n) is 12.5. The highest BCUT2D eigenvalue weighted by Crippen LogP contribution is 2.42. The molecular formula is C17H27NO. The fraction of sp³-hybridized carbons (Fsp3) is 0.647. The first-order valence-corrected chi connectivity index (χ1v) is 7.56. The van der Waals surface area contributed by atoms with E-state index in [1.165, 1.54) is 24.8 Å². The van der Waals surface area contributed by atoms with Crippen molar-refractivity contribution in [2.24, 2.45) is 11.8 Å². The summed E-state index contributed by atoms with van der Waals surface area (Å²) >= 11 is 0. The van der Waals surface area contributed by atoms with Gasteiger partial charge in [-0.25, -0.2) is 0 Å². The van der Waals surface area contributed by atoms with Crippen LogP contribution in [-0.4, -0.2) is 20.2 Å². The topological polar surface area (TPSA) is 21.3 Å². The predicted molar refractivity (Wildman–Crippen MR) is 80.8 cm³/mol. The maximum atomic E-state index is 5.53. The Bertz CT molecular complexity index is 389. The van der Waals surface area contributed by atoms with Crippen LogP contribution in [-0.2, 0) is 0 Å². The molecule has 2 atom stereocenters. The van der Waals surface area contributed by atoms with Crippen molar-refractivity contribution in [1.29, 1.82) is 0 Å². The van der Waals surface area contributed by atoms with E-state index in [4.69, 9.17) is 4.74 Å². The minimum Gasteiger partial charge on any atom is -0.496 e. The van der Waals surface area contributed by atoms with Gasteiger partial charge in [-0.05, 0) is 55.3 Å². The summed E-state index contributed by atoms with van der Waals surface area (Å²) in [7, 11) is 1.78. The van der Waals surface area contributed by atoms with Gasteiger partial charge in [0.05, 0.1) is 7.11 Å². The van der Waals surface area contributed by atoms with Gasteiger partial charge in [0.25, 0.3) is 0 Å². The smallest absolute Gasteiger partial charge is 0.122 e. The molecule has 2 rings (SSSR count). The minimum absolute atomic E-state index is 0.663. The third-order valence-corrected chi connectivity index (χ3v) is 4.16. The number of ether oxygens (including phenoxy) is 1. The molecule has 1 aliphatic rings. The molecule has 2 nitrogen and oxygen atoms in total. The molecule has 1 N–H and O–H groups in total. The summed E-state index contributed by atoms with van der Waals surface area (Å²) in [6.07, 6.45) is 3.99. The van der Waals surface area contributed by atoms with Crippen LogP contribution in [0.5, 0.6) is 5.75 Å². The number of rotatable bonds is 6. The summed E-state index contributed by atoms with van der Waals surface area (Å²) in [6.45, 7) is 6.79. The highest BCUT2D eigenvalue weighted by molar-refractivity contribution is 5.37. The first kappa shape index (κ1) is 14.4. The zero-order valence-corrected chi connectivity index (χ0v) is 12.5. The van der Waals surface area contributed by atoms with Gasteiger partial charge in [-0.1, -0.05) is 38.5 Å². The Morgan fingerprint density at radius 3 is 2.79 bits per heavy atom. The summed E-state index contributed by atoms with van der Waals surface area (Å²) in [5.41, 5.74) is 1.40. The van der Waals surface area contributed by atoms with Crippen molar-refractivity contribution in [2.75, 3.05) is 20.2 Å². The van der Waals surface area contributed by atoms with Gasteiger partial charge in [0.15, 0.2) is 0 Å². The second-order valence-electron chi connectivity index (χ2n) is 6.09. The molecule has 0 aliphatic heterocycles. The maximum Gasteiger partial charge on any atom is 0.122 e. The van der Waals surface area contributed by atoms with Gasteiger partial charge in [0.1, 0.15) is 5.75 Å². The molecule has 1 aliphatic carbocycles. The van der Waals surface area contributed by atoms with Crippen LogP contribution >= 0.6 is 0 Å². The lowest BCUT2D eigenvalue weighted by Crippen LogP contribution is -2.27. The standard InChI is InChI=1S/C17H27NO/c1-13(2)11-18-12-14-7-6-9-15(14)16-8-4-5-10-17(16)19-3/h4-5,8,10,13-15,18H,6-7,9,11-12H2,1-3H3. The molecular weight excluding hydrogens is 234 g/mol. The molecule has 1 aromatic carbocycles. The Hall–Kier alpha value is -1.02. The number of para-hydroxylation sites is 1. The normalized spacial score (nSPS) is 22.9. The first-order valence-electron chi connectivity index (χ1n) is 7.56. The first-order chi connectivity index (χ1) is 9.22. The molecule has 2 unspecified atom stereocenters. The van der Waals surface area contributed by atoms with Crippen molar-refractivity contribution in [2.45, 2.75) is 39.0 Å². The minimum atomic E-state index is 0.663. The molecule has 1 fully saturated rings. The van der Waals surface area contributed by atoms with Crippen molar-refractivity contribution >= 4 is 0 Å². The van der Waals surface area contributed by atoms with E-state index in [0.717, 1.165) is 30.7 Å². The van der Waals surface area contributed by atoms with E-state index in [1.54, 1.807) is 7.11 Å². The van der Waals surface area contributed by atoms with Crippen LogP contribution in [0.1, 0.15) is 44.6 Å². The Balaban J connectivity index is 2.01. The number of methoxy groups -OCH3 is 1. The predicted octanol–water partition coefficient (Wildman–Crippen LogP) is 3.82. The van der Waals surface area contributed by atoms with Crippen LogP contribution in [0.15, 0.2) is 24.3 Å². The molecule has 0 saturated heterocycles. The quantitative estimate of drug-likeness (QED) is 0.840. The van der Waals surface area contributed by atoms with Crippen LogP contribution in [0.2, 0.25) is 0 Å². The summed E-state index contributed by atoms with van der Waals surface area (Å²) in [6, 6.07) is 8.52. The SMILES string of the molecule is COc1ccccc1C1CCCC1CNCC(C)C. The molecule has 0 aromatic heterocycles. The Kier molecular flexibility index (Phi) is 5.26. The van der Waals surface area contributed by atoms with Gasteiger partial charge in [-0.3, -0.25) is 0 Å². The van der Waals surface area contributed by atoms with Crippen LogP contribution in [0.3, 0.4) is 0 Å². The summed E-state index contributed by atoms with van der Waals surface area (Å²) < 4.78 is 5.53. The third-order valence-electron chi connectivity index (χ3n) is 4.16. The largest absolute Gasteiger partial charge is 0.496 e. The van der Waals surface area contributed by atoms with E-state index in [-0.39, 0.29) is 0 Å². The number of hydrogen-bond acceptors (Lipinski definition) is 2. The number of hydrogen-bond donors (Lipinski definition) is 1. The van der Waals surface area contributed by atoms with E-state index >= 15 is 0 Å². The Labute approximate surface area is 117 Å². The molecule has 19 heavy (non-hydrogen) atoms. The fourth-order valence-electron chi connectivity index (χ4n) is 3.22. The molecule has 0 bridgehead atoms. The van der Waals surface area contributed by atoms with Gasteiger partial charge >= 0.3 is 0 Å². The summed E-state index contributed by atoms with van der Waals surface area (Å²) in [4.78, 5) is 0. The molecule has 0 amide bonds. The van der Waals surface area contributed by atoms with Crippen molar-refractivity contribution < 1.29 is 4.74 Å². The molecule has 0 heterocycles. The molecule has 106 valence electrons. The molecule has 1 saturated carbocycles. The summed E-state index contributed by atoms with van der Waals surface area (Å²) in [5.74, 6) is 3.21. The van der Waals surface area contributed by atoms with Crippen molar-refractivity contribution in [3.05, 3.63) is 29.8 Å². The molecule has 0 radical (unpaired) electrons. The highest BCUT2D eigenvalue weighted by Gasteiger charge is 2.29. The lowest BCUT2D eigenvalue weighted by molar-refractivity contribution is 0.385. The van der Waals surface area contributed by atoms with Crippen molar-refractivity contribution in [3.8, 4) is 5.75 Å². The molecule has 1 aromatic rings. The highest BCUT2D eigenvalue weighted by atomic mass is 16.5. The van der Waals surface area contributed by atoms with Crippen LogP contribution < -0.4 is 10.1 Å². The summed E-state index contributed by atoms with van der Waals surface area (Å²) in [5, 5.41) is 3.62. The Morgan fingerprint density at radius 1 is 1.26 bits per heavy atom. The van der Waals surface area contributed by atoms with Gasteiger partial charge < -0.3 is 10.1 Å². The molecule has 2 heteroatoms. The zero-order chi connectivity index (χ0) is 13.7. The van der Waals surface area contributed by atoms with Gasteiger partial charge in [0, 0.05) is 0 Å². The van der Waals surface area contributed by atoms with E-state index < -0.39 is 0 Å². The fourth-order valence-corrected chi connectivity index (χ4v) is 3.22. The Morgan fingerprint density at radius 2 is 2.05 bits per heavy atom. The van der Waals surface area contributed by atoms with E-state index in [2.05, 4.69) is 43.4 Å². The average Bonchev–Trinajstić information content (AvgIpc) is 2.86. The van der Waals surface area contributed by atoms with E-state index in [9.17, 15) is 0 Å². The van der Waals surface area contributed by atoms with Gasteiger partial charge in [-0.2, -0.15) is 0 Å². The number of benzene rings is 1. The van der Waals surface area contributed by atoms with Crippen molar-refractivity contribution in [1.82, 2.24) is 5.32 Å². The lowest BCUT2D eigenvalue weighted by atomic mass is 9.88. The van der Waals surface area contributed by atoms with E-state index in [0.29, 0.717) is 5.92 Å². The average molecular weight is 261 g/mol. The third kappa shape index (κ3) is 3.73. The van der Waals surface area contributed by atoms with Crippen LogP contribution in [0.4, 0.5) is 0 Å². The second-order valence-corrected chi connectivity index (χ2v) is 6.09. The monoisotopic (exact) mass is 261 g/mol. The van der Waals surface area contributed by atoms with E-state index in [1.807, 2.05) is 0 Å². The van der Waals surface area contributed by atoms with Gasteiger partial charge in [-0.15, -0.1) is 0 Å².